The number of hydrogen-bond donors (Lipinski definition) is 0. The first-order chi connectivity index (χ1) is 9.48. The molecule has 0 aliphatic heterocycles. The lowest BCUT2D eigenvalue weighted by Gasteiger charge is -2.14. The molecule has 0 aliphatic rings. The van der Waals surface area contributed by atoms with Gasteiger partial charge >= 0.3 is 6.18 Å². The quantitative estimate of drug-likeness (QED) is 0.678. The smallest absolute Gasteiger partial charge is 0.279 e. The van der Waals surface area contributed by atoms with Crippen molar-refractivity contribution in [3.05, 3.63) is 53.9 Å². The summed E-state index contributed by atoms with van der Waals surface area (Å²) < 4.78 is 41.0. The van der Waals surface area contributed by atoms with Crippen molar-refractivity contribution >= 4 is 5.65 Å². The molecule has 0 saturated heterocycles. The Labute approximate surface area is 112 Å². The van der Waals surface area contributed by atoms with Crippen LogP contribution in [0.2, 0.25) is 0 Å². The van der Waals surface area contributed by atoms with E-state index in [1.807, 2.05) is 0 Å². The standard InChI is InChI=1S/C14H10F3N3/c1-9-18-19-13-8-4-7-12(20(9)13)10-5-2-3-6-11(10)14(15,16)17/h2-8H,1H3. The molecule has 0 amide bonds. The van der Waals surface area contributed by atoms with E-state index in [9.17, 15) is 13.2 Å². The Balaban J connectivity index is 2.35. The minimum Gasteiger partial charge on any atom is -0.279 e. The topological polar surface area (TPSA) is 30.2 Å². The SMILES string of the molecule is Cc1nnc2cccc(-c3ccccc3C(F)(F)F)n12. The Bertz CT molecular complexity index is 775. The highest BCUT2D eigenvalue weighted by Crippen LogP contribution is 2.37. The Morgan fingerprint density at radius 3 is 2.45 bits per heavy atom. The zero-order valence-electron chi connectivity index (χ0n) is 10.5. The monoisotopic (exact) mass is 277 g/mol. The molecule has 102 valence electrons. The van der Waals surface area contributed by atoms with Gasteiger partial charge in [0.05, 0.1) is 11.3 Å². The lowest BCUT2D eigenvalue weighted by Crippen LogP contribution is -2.08. The average Bonchev–Trinajstić information content (AvgIpc) is 2.80. The second-order valence-electron chi connectivity index (χ2n) is 4.40. The van der Waals surface area contributed by atoms with Crippen molar-refractivity contribution in [2.45, 2.75) is 13.1 Å². The third-order valence-corrected chi connectivity index (χ3v) is 3.10. The van der Waals surface area contributed by atoms with E-state index in [0.717, 1.165) is 6.07 Å². The Kier molecular flexibility index (Phi) is 2.74. The van der Waals surface area contributed by atoms with Crippen LogP contribution in [0, 0.1) is 6.92 Å². The number of aromatic nitrogens is 3. The number of alkyl halides is 3. The summed E-state index contributed by atoms with van der Waals surface area (Å²) in [6, 6.07) is 10.5. The molecule has 3 nitrogen and oxygen atoms in total. The second kappa shape index (κ2) is 4.33. The summed E-state index contributed by atoms with van der Waals surface area (Å²) in [6.45, 7) is 1.71. The van der Waals surface area contributed by atoms with Gasteiger partial charge in [0, 0.05) is 5.56 Å². The van der Waals surface area contributed by atoms with Crippen LogP contribution in [0.25, 0.3) is 16.9 Å². The summed E-state index contributed by atoms with van der Waals surface area (Å²) in [5, 5.41) is 7.83. The van der Waals surface area contributed by atoms with E-state index < -0.39 is 11.7 Å². The number of benzene rings is 1. The number of fused-ring (bicyclic) bond motifs is 1. The molecule has 2 aromatic heterocycles. The molecule has 1 aromatic carbocycles. The molecule has 0 radical (unpaired) electrons. The van der Waals surface area contributed by atoms with Crippen molar-refractivity contribution in [3.63, 3.8) is 0 Å². The summed E-state index contributed by atoms with van der Waals surface area (Å²) in [5.74, 6) is 0.549. The van der Waals surface area contributed by atoms with Crippen molar-refractivity contribution in [2.24, 2.45) is 0 Å². The number of halogens is 3. The Morgan fingerprint density at radius 2 is 1.70 bits per heavy atom. The van der Waals surface area contributed by atoms with Crippen LogP contribution in [-0.2, 0) is 6.18 Å². The molecule has 3 rings (SSSR count). The van der Waals surface area contributed by atoms with Crippen molar-refractivity contribution < 1.29 is 13.2 Å². The van der Waals surface area contributed by atoms with Gasteiger partial charge in [-0.2, -0.15) is 13.2 Å². The summed E-state index contributed by atoms with van der Waals surface area (Å²) in [7, 11) is 0. The molecule has 6 heteroatoms. The van der Waals surface area contributed by atoms with Crippen LogP contribution < -0.4 is 0 Å². The Hall–Kier alpha value is -2.37. The fraction of sp³-hybridized carbons (Fsp3) is 0.143. The van der Waals surface area contributed by atoms with Crippen LogP contribution in [0.1, 0.15) is 11.4 Å². The molecule has 0 N–H and O–H groups in total. The Morgan fingerprint density at radius 1 is 0.950 bits per heavy atom. The molecule has 3 aromatic rings. The van der Waals surface area contributed by atoms with E-state index in [-0.39, 0.29) is 5.56 Å². The van der Waals surface area contributed by atoms with Gasteiger partial charge in [-0.25, -0.2) is 0 Å². The van der Waals surface area contributed by atoms with Gasteiger partial charge in [-0.15, -0.1) is 10.2 Å². The van der Waals surface area contributed by atoms with Crippen LogP contribution in [0.3, 0.4) is 0 Å². The summed E-state index contributed by atoms with van der Waals surface area (Å²) in [6.07, 6.45) is -4.40. The molecular weight excluding hydrogens is 267 g/mol. The van der Waals surface area contributed by atoms with E-state index in [1.165, 1.54) is 12.1 Å². The molecular formula is C14H10F3N3. The average molecular weight is 277 g/mol. The third kappa shape index (κ3) is 1.93. The van der Waals surface area contributed by atoms with Gasteiger partial charge in [0.2, 0.25) is 0 Å². The van der Waals surface area contributed by atoms with Gasteiger partial charge in [0.25, 0.3) is 0 Å². The molecule has 20 heavy (non-hydrogen) atoms. The zero-order chi connectivity index (χ0) is 14.3. The first-order valence-electron chi connectivity index (χ1n) is 5.96. The highest BCUT2D eigenvalue weighted by molar-refractivity contribution is 5.67. The molecule has 0 atom stereocenters. The molecule has 0 bridgehead atoms. The molecule has 0 saturated carbocycles. The molecule has 0 unspecified atom stereocenters. The van der Waals surface area contributed by atoms with Crippen molar-refractivity contribution in [1.29, 1.82) is 0 Å². The molecule has 2 heterocycles. The van der Waals surface area contributed by atoms with Gasteiger partial charge < -0.3 is 0 Å². The lowest BCUT2D eigenvalue weighted by atomic mass is 10.0. The molecule has 0 aliphatic carbocycles. The van der Waals surface area contributed by atoms with Crippen molar-refractivity contribution in [1.82, 2.24) is 14.6 Å². The first-order valence-corrected chi connectivity index (χ1v) is 5.96. The van der Waals surface area contributed by atoms with Crippen LogP contribution in [0.5, 0.6) is 0 Å². The minimum atomic E-state index is -4.40. The van der Waals surface area contributed by atoms with E-state index in [2.05, 4.69) is 10.2 Å². The maximum absolute atomic E-state index is 13.1. The number of aryl methyl sites for hydroxylation is 1. The maximum atomic E-state index is 13.1. The maximum Gasteiger partial charge on any atom is 0.417 e. The van der Waals surface area contributed by atoms with E-state index in [0.29, 0.717) is 17.2 Å². The van der Waals surface area contributed by atoms with E-state index in [1.54, 1.807) is 35.6 Å². The second-order valence-corrected chi connectivity index (χ2v) is 4.40. The van der Waals surface area contributed by atoms with Gasteiger partial charge in [0.15, 0.2) is 5.65 Å². The fourth-order valence-corrected chi connectivity index (χ4v) is 2.25. The number of hydrogen-bond acceptors (Lipinski definition) is 2. The van der Waals surface area contributed by atoms with Crippen LogP contribution in [0.15, 0.2) is 42.5 Å². The van der Waals surface area contributed by atoms with Gasteiger partial charge in [-0.3, -0.25) is 4.40 Å². The summed E-state index contributed by atoms with van der Waals surface area (Å²) in [5.41, 5.74) is 0.406. The van der Waals surface area contributed by atoms with Crippen LogP contribution in [0.4, 0.5) is 13.2 Å². The number of nitrogens with zero attached hydrogens (tertiary/aromatic N) is 3. The van der Waals surface area contributed by atoms with Crippen molar-refractivity contribution in [2.75, 3.05) is 0 Å². The van der Waals surface area contributed by atoms with Gasteiger partial charge in [-0.05, 0) is 25.1 Å². The fourth-order valence-electron chi connectivity index (χ4n) is 2.25. The lowest BCUT2D eigenvalue weighted by molar-refractivity contribution is -0.137. The highest BCUT2D eigenvalue weighted by atomic mass is 19.4. The predicted octanol–water partition coefficient (Wildman–Crippen LogP) is 3.72. The predicted molar refractivity (Wildman–Crippen MR) is 68.2 cm³/mol. The largest absolute Gasteiger partial charge is 0.417 e. The molecule has 0 fully saturated rings. The van der Waals surface area contributed by atoms with Crippen LogP contribution in [-0.4, -0.2) is 14.6 Å². The normalized spacial score (nSPS) is 12.0. The third-order valence-electron chi connectivity index (χ3n) is 3.10. The first kappa shape index (κ1) is 12.7. The molecule has 0 spiro atoms. The van der Waals surface area contributed by atoms with Gasteiger partial charge in [-0.1, -0.05) is 24.3 Å². The van der Waals surface area contributed by atoms with Crippen LogP contribution >= 0.6 is 0 Å². The summed E-state index contributed by atoms with van der Waals surface area (Å²) in [4.78, 5) is 0. The van der Waals surface area contributed by atoms with E-state index >= 15 is 0 Å². The minimum absolute atomic E-state index is 0.119. The number of rotatable bonds is 1. The van der Waals surface area contributed by atoms with Crippen molar-refractivity contribution in [3.8, 4) is 11.3 Å². The zero-order valence-corrected chi connectivity index (χ0v) is 10.5. The highest BCUT2D eigenvalue weighted by Gasteiger charge is 2.33. The number of pyridine rings is 1. The van der Waals surface area contributed by atoms with Gasteiger partial charge in [0.1, 0.15) is 5.82 Å². The summed E-state index contributed by atoms with van der Waals surface area (Å²) >= 11 is 0. The van der Waals surface area contributed by atoms with E-state index in [4.69, 9.17) is 0 Å².